The molecule has 2 aromatic rings. The van der Waals surface area contributed by atoms with Crippen LogP contribution in [-0.4, -0.2) is 27.7 Å². The molecule has 0 aromatic carbocycles. The van der Waals surface area contributed by atoms with Gasteiger partial charge in [0.05, 0.1) is 17.9 Å². The van der Waals surface area contributed by atoms with Gasteiger partial charge in [-0.25, -0.2) is 13.4 Å². The average molecular weight is 331 g/mol. The highest BCUT2D eigenvalue weighted by atomic mass is 35.7. The maximum Gasteiger partial charge on any atom is 0.264 e. The van der Waals surface area contributed by atoms with Crippen molar-refractivity contribution in [2.24, 2.45) is 0 Å². The van der Waals surface area contributed by atoms with E-state index in [1.54, 1.807) is 10.9 Å². The van der Waals surface area contributed by atoms with Crippen LogP contribution in [0.15, 0.2) is 17.3 Å². The highest BCUT2D eigenvalue weighted by Crippen LogP contribution is 2.25. The van der Waals surface area contributed by atoms with Gasteiger partial charge in [0.2, 0.25) is 0 Å². The molecule has 0 N–H and O–H groups in total. The molecule has 6 nitrogen and oxygen atoms in total. The first kappa shape index (κ1) is 16.0. The molecule has 0 atom stereocenters. The van der Waals surface area contributed by atoms with Crippen LogP contribution >= 0.6 is 10.7 Å². The van der Waals surface area contributed by atoms with E-state index in [0.717, 1.165) is 5.82 Å². The summed E-state index contributed by atoms with van der Waals surface area (Å²) in [7, 11) is 1.79. The number of aryl methyl sites for hydroxylation is 4. The maximum absolute atomic E-state index is 11.8. The molecule has 0 saturated heterocycles. The SMILES string of the molecule is CCc1nn(CCn2ccnc2C)c(CC)c1S(=O)(=O)Cl. The summed E-state index contributed by atoms with van der Waals surface area (Å²) < 4.78 is 27.3. The summed E-state index contributed by atoms with van der Waals surface area (Å²) in [5.41, 5.74) is 1.20. The third-order valence-corrected chi connectivity index (χ3v) is 4.89. The minimum Gasteiger partial charge on any atom is -0.333 e. The summed E-state index contributed by atoms with van der Waals surface area (Å²) in [6.45, 7) is 6.97. The molecule has 0 fully saturated rings. The Morgan fingerprint density at radius 3 is 2.43 bits per heavy atom. The normalized spacial score (nSPS) is 12.0. The topological polar surface area (TPSA) is 69.8 Å². The quantitative estimate of drug-likeness (QED) is 0.761. The fourth-order valence-electron chi connectivity index (χ4n) is 2.42. The molecule has 0 spiro atoms. The van der Waals surface area contributed by atoms with Crippen molar-refractivity contribution in [1.29, 1.82) is 0 Å². The number of hydrogen-bond acceptors (Lipinski definition) is 4. The molecule has 21 heavy (non-hydrogen) atoms. The Labute approximate surface area is 129 Å². The summed E-state index contributed by atoms with van der Waals surface area (Å²) in [5.74, 6) is 0.918. The Morgan fingerprint density at radius 2 is 1.95 bits per heavy atom. The number of hydrogen-bond donors (Lipinski definition) is 0. The van der Waals surface area contributed by atoms with Gasteiger partial charge in [0.25, 0.3) is 9.05 Å². The van der Waals surface area contributed by atoms with Gasteiger partial charge >= 0.3 is 0 Å². The predicted molar refractivity (Wildman–Crippen MR) is 81.0 cm³/mol. The second-order valence-corrected chi connectivity index (χ2v) is 7.26. The van der Waals surface area contributed by atoms with Gasteiger partial charge < -0.3 is 4.57 Å². The van der Waals surface area contributed by atoms with Crippen molar-refractivity contribution in [2.75, 3.05) is 0 Å². The van der Waals surface area contributed by atoms with E-state index in [0.29, 0.717) is 37.3 Å². The van der Waals surface area contributed by atoms with Gasteiger partial charge in [0.15, 0.2) is 0 Å². The molecule has 8 heteroatoms. The van der Waals surface area contributed by atoms with E-state index in [1.165, 1.54) is 0 Å². The maximum atomic E-state index is 11.8. The highest BCUT2D eigenvalue weighted by molar-refractivity contribution is 8.13. The molecule has 0 unspecified atom stereocenters. The van der Waals surface area contributed by atoms with Crippen LogP contribution in [0.2, 0.25) is 0 Å². The summed E-state index contributed by atoms with van der Waals surface area (Å²) in [5, 5.41) is 4.41. The van der Waals surface area contributed by atoms with Crippen molar-refractivity contribution in [1.82, 2.24) is 19.3 Å². The lowest BCUT2D eigenvalue weighted by Crippen LogP contribution is -2.12. The van der Waals surface area contributed by atoms with E-state index in [4.69, 9.17) is 10.7 Å². The van der Waals surface area contributed by atoms with E-state index in [1.807, 2.05) is 31.5 Å². The smallest absolute Gasteiger partial charge is 0.264 e. The second-order valence-electron chi connectivity index (χ2n) is 4.76. The van der Waals surface area contributed by atoms with E-state index in [9.17, 15) is 8.42 Å². The standard InChI is InChI=1S/C13H19ClN4O2S/c1-4-11-13(21(14,19)20)12(5-2)18(16-11)9-8-17-7-6-15-10(17)3/h6-7H,4-5,8-9H2,1-3H3. The van der Waals surface area contributed by atoms with Crippen molar-refractivity contribution in [3.63, 3.8) is 0 Å². The number of imidazole rings is 1. The van der Waals surface area contributed by atoms with Crippen LogP contribution in [0.5, 0.6) is 0 Å². The first-order valence-corrected chi connectivity index (χ1v) is 9.20. The van der Waals surface area contributed by atoms with Crippen molar-refractivity contribution in [3.05, 3.63) is 29.6 Å². The van der Waals surface area contributed by atoms with Crippen LogP contribution in [0.3, 0.4) is 0 Å². The van der Waals surface area contributed by atoms with Crippen LogP contribution < -0.4 is 0 Å². The van der Waals surface area contributed by atoms with Crippen LogP contribution in [-0.2, 0) is 35.0 Å². The lowest BCUT2D eigenvalue weighted by Gasteiger charge is -2.08. The van der Waals surface area contributed by atoms with Gasteiger partial charge in [-0.2, -0.15) is 5.10 Å². The lowest BCUT2D eigenvalue weighted by molar-refractivity contribution is 0.506. The van der Waals surface area contributed by atoms with Crippen LogP contribution in [0.1, 0.15) is 31.1 Å². The molecule has 116 valence electrons. The Kier molecular flexibility index (Phi) is 4.73. The van der Waals surface area contributed by atoms with Crippen molar-refractivity contribution in [3.8, 4) is 0 Å². The minimum atomic E-state index is -3.78. The van der Waals surface area contributed by atoms with Gasteiger partial charge in [-0.1, -0.05) is 13.8 Å². The Morgan fingerprint density at radius 1 is 1.24 bits per heavy atom. The number of aromatic nitrogens is 4. The predicted octanol–water partition coefficient (Wildman–Crippen LogP) is 2.14. The summed E-state index contributed by atoms with van der Waals surface area (Å²) in [6.07, 6.45) is 4.73. The molecule has 0 aliphatic rings. The highest BCUT2D eigenvalue weighted by Gasteiger charge is 2.25. The summed E-state index contributed by atoms with van der Waals surface area (Å²) in [4.78, 5) is 4.34. The second kappa shape index (κ2) is 6.19. The Bertz CT molecular complexity index is 733. The molecule has 0 aliphatic carbocycles. The van der Waals surface area contributed by atoms with E-state index < -0.39 is 9.05 Å². The fourth-order valence-corrected chi connectivity index (χ4v) is 3.95. The summed E-state index contributed by atoms with van der Waals surface area (Å²) >= 11 is 0. The van der Waals surface area contributed by atoms with Crippen LogP contribution in [0.25, 0.3) is 0 Å². The first-order chi connectivity index (χ1) is 9.88. The third kappa shape index (κ3) is 3.29. The minimum absolute atomic E-state index is 0.177. The van der Waals surface area contributed by atoms with E-state index in [-0.39, 0.29) is 4.90 Å². The largest absolute Gasteiger partial charge is 0.333 e. The van der Waals surface area contributed by atoms with E-state index >= 15 is 0 Å². The fraction of sp³-hybridized carbons (Fsp3) is 0.538. The number of nitrogens with zero attached hydrogens (tertiary/aromatic N) is 4. The third-order valence-electron chi connectivity index (χ3n) is 3.47. The Balaban J connectivity index is 2.36. The molecule has 2 heterocycles. The molecular formula is C13H19ClN4O2S. The molecule has 2 rings (SSSR count). The van der Waals surface area contributed by atoms with Gasteiger partial charge in [-0.05, 0) is 19.8 Å². The lowest BCUT2D eigenvalue weighted by atomic mass is 10.2. The molecule has 0 aliphatic heterocycles. The molecule has 0 radical (unpaired) electrons. The zero-order valence-corrected chi connectivity index (χ0v) is 13.9. The van der Waals surface area contributed by atoms with Crippen LogP contribution in [0, 0.1) is 6.92 Å². The van der Waals surface area contributed by atoms with Crippen LogP contribution in [0.4, 0.5) is 0 Å². The molecule has 2 aromatic heterocycles. The van der Waals surface area contributed by atoms with Gasteiger partial charge in [0, 0.05) is 29.6 Å². The van der Waals surface area contributed by atoms with E-state index in [2.05, 4.69) is 10.1 Å². The molecule has 0 amide bonds. The Hall–Kier alpha value is -1.34. The van der Waals surface area contributed by atoms with Gasteiger partial charge in [-0.3, -0.25) is 4.68 Å². The number of rotatable bonds is 6. The zero-order valence-electron chi connectivity index (χ0n) is 12.4. The van der Waals surface area contributed by atoms with Crippen molar-refractivity contribution >= 4 is 19.7 Å². The van der Waals surface area contributed by atoms with Crippen molar-refractivity contribution < 1.29 is 8.42 Å². The molecule has 0 saturated carbocycles. The van der Waals surface area contributed by atoms with Gasteiger partial charge in [0.1, 0.15) is 10.7 Å². The zero-order chi connectivity index (χ0) is 15.6. The van der Waals surface area contributed by atoms with Crippen molar-refractivity contribution in [2.45, 2.75) is 51.6 Å². The van der Waals surface area contributed by atoms with Gasteiger partial charge in [-0.15, -0.1) is 0 Å². The summed E-state index contributed by atoms with van der Waals surface area (Å²) in [6, 6.07) is 0. The molecule has 0 bridgehead atoms. The monoisotopic (exact) mass is 330 g/mol. The molecular weight excluding hydrogens is 312 g/mol. The average Bonchev–Trinajstić information content (AvgIpc) is 2.98. The number of halogens is 1. The first-order valence-electron chi connectivity index (χ1n) is 6.89.